The predicted molar refractivity (Wildman–Crippen MR) is 248 cm³/mol. The number of hydrogen-bond acceptors (Lipinski definition) is 12. The van der Waals surface area contributed by atoms with Gasteiger partial charge in [-0.25, -0.2) is 0 Å². The van der Waals surface area contributed by atoms with Crippen molar-refractivity contribution >= 4 is 41.3 Å². The third-order valence-electron chi connectivity index (χ3n) is 12.0. The first-order chi connectivity index (χ1) is 28.7. The summed E-state index contributed by atoms with van der Waals surface area (Å²) < 4.78 is 33.9. The van der Waals surface area contributed by atoms with Crippen LogP contribution in [0.15, 0.2) is 0 Å². The van der Waals surface area contributed by atoms with Crippen LogP contribution in [0.4, 0.5) is 0 Å². The number of rotatable bonds is 41. The molecule has 0 N–H and O–H groups in total. The maximum Gasteiger partial charge on any atom is 1.00 e. The Kier molecular flexibility index (Phi) is 38.1. The molecule has 0 aromatic rings. The fraction of sp³-hybridized carbons (Fsp3) is 0.957. The summed E-state index contributed by atoms with van der Waals surface area (Å²) in [5, 5.41) is 14.0. The van der Waals surface area contributed by atoms with Crippen molar-refractivity contribution in [1.82, 2.24) is 9.96 Å². The van der Waals surface area contributed by atoms with Crippen LogP contribution in [0.3, 0.4) is 0 Å². The second kappa shape index (κ2) is 37.7. The van der Waals surface area contributed by atoms with Crippen molar-refractivity contribution < 1.29 is 72.3 Å². The summed E-state index contributed by atoms with van der Waals surface area (Å²) in [6, 6.07) is 0.0185. The fourth-order valence-corrected chi connectivity index (χ4v) is 11.1. The molecule has 1 aliphatic heterocycles. The van der Waals surface area contributed by atoms with E-state index in [4.69, 9.17) is 18.5 Å². The predicted octanol–water partition coefficient (Wildman–Crippen LogP) is 9.77. The summed E-state index contributed by atoms with van der Waals surface area (Å²) in [6.07, 6.45) is 30.8. The van der Waals surface area contributed by atoms with Gasteiger partial charge in [0.1, 0.15) is 6.61 Å². The van der Waals surface area contributed by atoms with Gasteiger partial charge in [0.25, 0.3) is 7.82 Å². The maximum atomic E-state index is 12.8. The van der Waals surface area contributed by atoms with E-state index >= 15 is 0 Å². The van der Waals surface area contributed by atoms with Crippen LogP contribution in [-0.2, 0) is 37.9 Å². The van der Waals surface area contributed by atoms with Crippen LogP contribution >= 0.6 is 29.4 Å². The van der Waals surface area contributed by atoms with Crippen molar-refractivity contribution in [3.05, 3.63) is 0 Å². The molecule has 0 aliphatic carbocycles. The van der Waals surface area contributed by atoms with Gasteiger partial charge in [-0.2, -0.15) is 0 Å². The van der Waals surface area contributed by atoms with Gasteiger partial charge in [-0.15, -0.1) is 10.3 Å². The Morgan fingerprint density at radius 3 is 1.46 bits per heavy atom. The SMILES string of the molecule is CCCCCCCCCCCCCCCC(=O)OC[C@@H](COP(=O)([O-])OCCSSCC1N(C)C(C)(C)N([O])C1(C)C)OC(=O)CCCCCCCCCCCCCCC.[Na+]. The minimum absolute atomic E-state index is 0. The zero-order chi connectivity index (χ0) is 44.5. The molecule has 3 atom stereocenters. The number of likely N-dealkylation sites (N-methyl/N-ethyl adjacent to an activating group) is 1. The van der Waals surface area contributed by atoms with E-state index in [-0.39, 0.29) is 61.7 Å². The van der Waals surface area contributed by atoms with Crippen LogP contribution in [0.25, 0.3) is 0 Å². The van der Waals surface area contributed by atoms with E-state index in [0.29, 0.717) is 17.9 Å². The molecule has 2 unspecified atom stereocenters. The number of unbranched alkanes of at least 4 members (excludes halogenated alkanes) is 24. The molecule has 0 amide bonds. The number of hydrogen-bond donors (Lipinski definition) is 0. The maximum absolute atomic E-state index is 12.8. The first kappa shape index (κ1) is 61.6. The number of phosphoric ester groups is 1. The summed E-state index contributed by atoms with van der Waals surface area (Å²) in [6.45, 7) is 11.3. The van der Waals surface area contributed by atoms with Gasteiger partial charge >= 0.3 is 41.5 Å². The Bertz CT molecular complexity index is 1140. The largest absolute Gasteiger partial charge is 1.00 e. The van der Waals surface area contributed by atoms with Crippen molar-refractivity contribution in [2.75, 3.05) is 38.4 Å². The molecular weight excluding hydrogens is 843 g/mol. The van der Waals surface area contributed by atoms with Gasteiger partial charge in [-0.3, -0.25) is 19.1 Å². The van der Waals surface area contributed by atoms with Crippen molar-refractivity contribution in [3.8, 4) is 0 Å². The molecule has 0 aromatic carbocycles. The summed E-state index contributed by atoms with van der Waals surface area (Å²) >= 11 is 0. The summed E-state index contributed by atoms with van der Waals surface area (Å²) in [4.78, 5) is 40.1. The number of ether oxygens (including phenoxy) is 2. The second-order valence-corrected chi connectivity index (χ2v) is 22.1. The third kappa shape index (κ3) is 29.8. The quantitative estimate of drug-likeness (QED) is 0.0190. The third-order valence-corrected chi connectivity index (χ3v) is 15.3. The Balaban J connectivity index is 0.0000360. The van der Waals surface area contributed by atoms with E-state index in [0.717, 1.165) is 43.6 Å². The minimum atomic E-state index is -4.72. The zero-order valence-electron chi connectivity index (χ0n) is 40.3. The molecule has 1 radical (unpaired) electrons. The van der Waals surface area contributed by atoms with Crippen molar-refractivity contribution in [3.63, 3.8) is 0 Å². The van der Waals surface area contributed by atoms with Crippen LogP contribution in [0, 0.1) is 0 Å². The average Bonchev–Trinajstić information content (AvgIpc) is 3.32. The normalized spacial score (nSPS) is 17.8. The molecule has 11 nitrogen and oxygen atoms in total. The van der Waals surface area contributed by atoms with Gasteiger partial charge in [0.05, 0.1) is 24.4 Å². The molecule has 1 heterocycles. The summed E-state index contributed by atoms with van der Waals surface area (Å²) in [5.41, 5.74) is -1.18. The van der Waals surface area contributed by atoms with Crippen LogP contribution in [0.2, 0.25) is 0 Å². The second-order valence-electron chi connectivity index (χ2n) is 18.0. The van der Waals surface area contributed by atoms with Gasteiger partial charge in [-0.05, 0) is 47.6 Å². The molecule has 1 fully saturated rings. The average molecular weight is 932 g/mol. The van der Waals surface area contributed by atoms with Gasteiger partial charge in [0.15, 0.2) is 6.10 Å². The molecule has 1 aliphatic rings. The molecule has 355 valence electrons. The van der Waals surface area contributed by atoms with Crippen molar-refractivity contribution in [1.29, 1.82) is 0 Å². The molecule has 0 aromatic heterocycles. The Labute approximate surface area is 404 Å². The van der Waals surface area contributed by atoms with Crippen LogP contribution < -0.4 is 34.5 Å². The van der Waals surface area contributed by atoms with Crippen LogP contribution in [0.5, 0.6) is 0 Å². The van der Waals surface area contributed by atoms with E-state index in [1.54, 1.807) is 10.8 Å². The fourth-order valence-electron chi connectivity index (χ4n) is 7.91. The van der Waals surface area contributed by atoms with Crippen LogP contribution in [0.1, 0.15) is 221 Å². The summed E-state index contributed by atoms with van der Waals surface area (Å²) in [5.74, 6) is 0.210. The molecule has 1 rings (SSSR count). The monoisotopic (exact) mass is 932 g/mol. The topological polar surface area (TPSA) is 138 Å². The first-order valence-corrected chi connectivity index (χ1v) is 28.0. The Morgan fingerprint density at radius 1 is 0.639 bits per heavy atom. The molecule has 0 spiro atoms. The zero-order valence-corrected chi connectivity index (χ0v) is 44.8. The Morgan fingerprint density at radius 2 is 1.05 bits per heavy atom. The number of nitrogens with zero attached hydrogens (tertiary/aromatic N) is 2. The molecule has 61 heavy (non-hydrogen) atoms. The number of carbonyl (C=O) groups excluding carboxylic acids is 2. The van der Waals surface area contributed by atoms with E-state index in [9.17, 15) is 24.3 Å². The molecule has 15 heteroatoms. The molecule has 0 saturated carbocycles. The molecule has 0 bridgehead atoms. The Hall–Kier alpha value is 0.630. The standard InChI is InChI=1S/C46H90N2O9PS2.Na/c1-8-10-12-14-16-18-20-22-24-26-28-30-32-34-43(49)54-38-41(57-44(50)35-33-31-29-27-25-23-21-19-17-15-13-11-9-2)39-56-58(52,53)55-36-37-59-60-40-42-45(3,4)48(51)46(5,6)47(42)7;/h41-42H,8-40H2,1-7H3,(H,52,53);/q;+1/p-1/t41-,42?;/m0./s1. The minimum Gasteiger partial charge on any atom is -0.756 e. The van der Waals surface area contributed by atoms with Crippen LogP contribution in [-0.4, -0.2) is 83.6 Å². The number of esters is 2. The number of phosphoric acid groups is 1. The van der Waals surface area contributed by atoms with Gasteiger partial charge < -0.3 is 23.4 Å². The van der Waals surface area contributed by atoms with E-state index in [2.05, 4.69) is 18.7 Å². The van der Waals surface area contributed by atoms with Crippen molar-refractivity contribution in [2.45, 2.75) is 245 Å². The van der Waals surface area contributed by atoms with Gasteiger partial charge in [0, 0.05) is 30.4 Å². The van der Waals surface area contributed by atoms with Gasteiger partial charge in [-0.1, -0.05) is 190 Å². The smallest absolute Gasteiger partial charge is 0.756 e. The summed E-state index contributed by atoms with van der Waals surface area (Å²) in [7, 11) is 0.270. The molecule has 1 saturated heterocycles. The van der Waals surface area contributed by atoms with Crippen molar-refractivity contribution in [2.24, 2.45) is 0 Å². The molecular formula is C46H89N2NaO9PS2. The van der Waals surface area contributed by atoms with E-state index in [1.165, 1.54) is 133 Å². The van der Waals surface area contributed by atoms with E-state index < -0.39 is 43.7 Å². The van der Waals surface area contributed by atoms with Gasteiger partial charge in [0.2, 0.25) is 0 Å². The van der Waals surface area contributed by atoms with E-state index in [1.807, 2.05) is 34.7 Å². The number of hydroxylamine groups is 2. The number of carbonyl (C=O) groups is 2. The first-order valence-electron chi connectivity index (χ1n) is 24.1.